The van der Waals surface area contributed by atoms with Crippen LogP contribution in [0.2, 0.25) is 5.02 Å². The van der Waals surface area contributed by atoms with E-state index in [0.29, 0.717) is 5.02 Å². The molecule has 90 valence electrons. The Hall–Kier alpha value is -0.840. The molecule has 0 bridgehead atoms. The first kappa shape index (κ1) is 12.6. The van der Waals surface area contributed by atoms with Gasteiger partial charge in [-0.15, -0.1) is 0 Å². The molecule has 0 radical (unpaired) electrons. The van der Waals surface area contributed by atoms with Crippen LogP contribution in [0.15, 0.2) is 35.1 Å². The van der Waals surface area contributed by atoms with Crippen molar-refractivity contribution in [2.24, 2.45) is 5.73 Å². The van der Waals surface area contributed by atoms with Gasteiger partial charge in [-0.25, -0.2) is 4.98 Å². The van der Waals surface area contributed by atoms with E-state index in [4.69, 9.17) is 17.3 Å². The van der Waals surface area contributed by atoms with E-state index in [2.05, 4.69) is 27.8 Å². The lowest BCUT2D eigenvalue weighted by Crippen LogP contribution is -2.18. The van der Waals surface area contributed by atoms with Crippen LogP contribution in [0.3, 0.4) is 0 Å². The second-order valence-electron chi connectivity index (χ2n) is 3.69. The largest absolute Gasteiger partial charge is 0.334 e. The number of hydrogen-bond acceptors (Lipinski definition) is 2. The van der Waals surface area contributed by atoms with Crippen LogP contribution >= 0.6 is 27.5 Å². The number of nitrogens with zero attached hydrogens (tertiary/aromatic N) is 2. The summed E-state index contributed by atoms with van der Waals surface area (Å²) in [6.45, 7) is 2.90. The van der Waals surface area contributed by atoms with E-state index >= 15 is 0 Å². The second kappa shape index (κ2) is 5.21. The Morgan fingerprint density at radius 1 is 1.53 bits per heavy atom. The van der Waals surface area contributed by atoms with Crippen LogP contribution in [0, 0.1) is 0 Å². The molecule has 17 heavy (non-hydrogen) atoms. The van der Waals surface area contributed by atoms with Gasteiger partial charge in [0.2, 0.25) is 0 Å². The highest BCUT2D eigenvalue weighted by molar-refractivity contribution is 9.10. The van der Waals surface area contributed by atoms with Crippen LogP contribution in [0.25, 0.3) is 0 Å². The van der Waals surface area contributed by atoms with Crippen molar-refractivity contribution in [1.29, 1.82) is 0 Å². The van der Waals surface area contributed by atoms with Gasteiger partial charge in [0.05, 0.1) is 11.1 Å². The minimum atomic E-state index is -0.310. The number of halogens is 2. The van der Waals surface area contributed by atoms with Crippen LogP contribution < -0.4 is 5.73 Å². The van der Waals surface area contributed by atoms with E-state index in [9.17, 15) is 0 Å². The lowest BCUT2D eigenvalue weighted by molar-refractivity contribution is 0.656. The smallest absolute Gasteiger partial charge is 0.130 e. The fraction of sp³-hybridized carbons (Fsp3) is 0.250. The molecule has 1 unspecified atom stereocenters. The highest BCUT2D eigenvalue weighted by Gasteiger charge is 2.17. The summed E-state index contributed by atoms with van der Waals surface area (Å²) in [4.78, 5) is 4.30. The zero-order valence-corrected chi connectivity index (χ0v) is 11.7. The number of rotatable bonds is 3. The van der Waals surface area contributed by atoms with E-state index < -0.39 is 0 Å². The minimum Gasteiger partial charge on any atom is -0.334 e. The monoisotopic (exact) mass is 313 g/mol. The van der Waals surface area contributed by atoms with Crippen LogP contribution in [0.5, 0.6) is 0 Å². The van der Waals surface area contributed by atoms with E-state index in [1.54, 1.807) is 6.20 Å². The number of imidazole rings is 1. The van der Waals surface area contributed by atoms with Crippen molar-refractivity contribution in [2.45, 2.75) is 19.5 Å². The molecule has 0 amide bonds. The molecule has 3 nitrogen and oxygen atoms in total. The van der Waals surface area contributed by atoms with Gasteiger partial charge in [0.1, 0.15) is 5.82 Å². The Morgan fingerprint density at radius 3 is 3.00 bits per heavy atom. The number of hydrogen-bond donors (Lipinski definition) is 1. The van der Waals surface area contributed by atoms with Crippen molar-refractivity contribution < 1.29 is 0 Å². The molecule has 0 saturated heterocycles. The lowest BCUT2D eigenvalue weighted by Gasteiger charge is -2.15. The Balaban J connectivity index is 2.44. The van der Waals surface area contributed by atoms with Crippen molar-refractivity contribution in [1.82, 2.24) is 9.55 Å². The maximum Gasteiger partial charge on any atom is 0.130 e. The van der Waals surface area contributed by atoms with Gasteiger partial charge in [-0.05, 0) is 34.5 Å². The van der Waals surface area contributed by atoms with Gasteiger partial charge >= 0.3 is 0 Å². The molecule has 1 aromatic carbocycles. The zero-order chi connectivity index (χ0) is 12.4. The first-order valence-electron chi connectivity index (χ1n) is 5.35. The molecule has 0 saturated carbocycles. The van der Waals surface area contributed by atoms with E-state index in [0.717, 1.165) is 22.4 Å². The van der Waals surface area contributed by atoms with Crippen molar-refractivity contribution in [3.63, 3.8) is 0 Å². The summed E-state index contributed by atoms with van der Waals surface area (Å²) in [6.07, 6.45) is 3.67. The zero-order valence-electron chi connectivity index (χ0n) is 9.40. The molecule has 0 aliphatic rings. The molecule has 5 heteroatoms. The Morgan fingerprint density at radius 2 is 2.29 bits per heavy atom. The molecule has 2 aromatic rings. The highest BCUT2D eigenvalue weighted by atomic mass is 79.9. The lowest BCUT2D eigenvalue weighted by atomic mass is 10.1. The standard InChI is InChI=1S/C12H13BrClN3/c1-2-17-7-6-16-12(17)11(15)8-4-3-5-9(13)10(8)14/h3-7,11H,2,15H2,1H3. The number of aryl methyl sites for hydroxylation is 1. The average molecular weight is 315 g/mol. The van der Waals surface area contributed by atoms with E-state index in [-0.39, 0.29) is 6.04 Å². The van der Waals surface area contributed by atoms with Crippen molar-refractivity contribution in [3.05, 3.63) is 51.5 Å². The molecule has 2 rings (SSSR count). The molecule has 0 fully saturated rings. The SMILES string of the molecule is CCn1ccnc1C(N)c1cccc(Br)c1Cl. The molecule has 0 aliphatic heterocycles. The van der Waals surface area contributed by atoms with E-state index in [1.165, 1.54) is 0 Å². The van der Waals surface area contributed by atoms with Gasteiger partial charge in [-0.2, -0.15) is 0 Å². The molecule has 1 heterocycles. The Bertz CT molecular complexity index is 524. The first-order chi connectivity index (χ1) is 8.15. The molecular formula is C12H13BrClN3. The fourth-order valence-electron chi connectivity index (χ4n) is 1.77. The van der Waals surface area contributed by atoms with Crippen LogP contribution in [0.4, 0.5) is 0 Å². The third-order valence-corrected chi connectivity index (χ3v) is 3.99. The molecule has 1 aromatic heterocycles. The highest BCUT2D eigenvalue weighted by Crippen LogP contribution is 2.31. The summed E-state index contributed by atoms with van der Waals surface area (Å²) < 4.78 is 2.86. The van der Waals surface area contributed by atoms with Gasteiger partial charge in [0, 0.05) is 23.4 Å². The number of benzene rings is 1. The summed E-state index contributed by atoms with van der Waals surface area (Å²) in [6, 6.07) is 5.43. The Labute approximate surface area is 114 Å². The summed E-state index contributed by atoms with van der Waals surface area (Å²) in [5.41, 5.74) is 7.10. The Kier molecular flexibility index (Phi) is 3.86. The van der Waals surface area contributed by atoms with Crippen LogP contribution in [0.1, 0.15) is 24.4 Å². The van der Waals surface area contributed by atoms with Crippen LogP contribution in [-0.4, -0.2) is 9.55 Å². The topological polar surface area (TPSA) is 43.8 Å². The van der Waals surface area contributed by atoms with Gasteiger partial charge in [-0.3, -0.25) is 0 Å². The summed E-state index contributed by atoms with van der Waals surface area (Å²) in [7, 11) is 0. The van der Waals surface area contributed by atoms with Crippen LogP contribution in [-0.2, 0) is 6.54 Å². The summed E-state index contributed by atoms with van der Waals surface area (Å²) in [5, 5.41) is 0.644. The molecule has 0 aliphatic carbocycles. The minimum absolute atomic E-state index is 0.310. The average Bonchev–Trinajstić information content (AvgIpc) is 2.80. The van der Waals surface area contributed by atoms with E-state index in [1.807, 2.05) is 29.0 Å². The molecule has 1 atom stereocenters. The maximum absolute atomic E-state index is 6.24. The normalized spacial score (nSPS) is 12.7. The summed E-state index contributed by atoms with van der Waals surface area (Å²) in [5.74, 6) is 0.826. The van der Waals surface area contributed by atoms with Gasteiger partial charge in [0.15, 0.2) is 0 Å². The van der Waals surface area contributed by atoms with Crippen molar-refractivity contribution in [3.8, 4) is 0 Å². The predicted molar refractivity (Wildman–Crippen MR) is 73.1 cm³/mol. The molecule has 0 spiro atoms. The second-order valence-corrected chi connectivity index (χ2v) is 4.92. The van der Waals surface area contributed by atoms with Gasteiger partial charge in [-0.1, -0.05) is 23.7 Å². The number of nitrogens with two attached hydrogens (primary N) is 1. The fourth-order valence-corrected chi connectivity index (χ4v) is 2.39. The first-order valence-corrected chi connectivity index (χ1v) is 6.52. The number of aromatic nitrogens is 2. The molecular weight excluding hydrogens is 302 g/mol. The maximum atomic E-state index is 6.24. The predicted octanol–water partition coefficient (Wildman–Crippen LogP) is 3.37. The van der Waals surface area contributed by atoms with Crippen molar-refractivity contribution >= 4 is 27.5 Å². The molecule has 2 N–H and O–H groups in total. The summed E-state index contributed by atoms with van der Waals surface area (Å²) >= 11 is 9.64. The van der Waals surface area contributed by atoms with Gasteiger partial charge in [0.25, 0.3) is 0 Å². The van der Waals surface area contributed by atoms with Crippen molar-refractivity contribution in [2.75, 3.05) is 0 Å². The third kappa shape index (κ3) is 2.39. The quantitative estimate of drug-likeness (QED) is 0.944. The third-order valence-electron chi connectivity index (χ3n) is 2.68. The van der Waals surface area contributed by atoms with Gasteiger partial charge < -0.3 is 10.3 Å².